The number of allylic oxidation sites excluding steroid dienone is 1. The van der Waals surface area contributed by atoms with Crippen molar-refractivity contribution in [3.8, 4) is 0 Å². The minimum absolute atomic E-state index is 0.109. The first-order chi connectivity index (χ1) is 9.33. The molecule has 5 heteroatoms. The van der Waals surface area contributed by atoms with Gasteiger partial charge in [-0.2, -0.15) is 0 Å². The molecule has 0 spiro atoms. The Morgan fingerprint density at radius 3 is 3.05 bits per heavy atom. The molecule has 0 bridgehead atoms. The molecular weight excluding hydrogens is 242 g/mol. The summed E-state index contributed by atoms with van der Waals surface area (Å²) in [4.78, 5) is 2.41. The fourth-order valence-electron chi connectivity index (χ4n) is 2.81. The van der Waals surface area contributed by atoms with Crippen molar-refractivity contribution in [3.05, 3.63) is 23.4 Å². The standard InChI is InChI=1S/C14H21N3O2/c1-11-15-16-14(19-11)13-10-18-8-7-17(13)9-12-5-3-2-4-6-12/h5,13H,2-4,6-10H2,1H3/t13-/m1/s1. The third kappa shape index (κ3) is 3.04. The lowest BCUT2D eigenvalue weighted by Gasteiger charge is -2.34. The number of hydrogen-bond acceptors (Lipinski definition) is 5. The van der Waals surface area contributed by atoms with Crippen molar-refractivity contribution >= 4 is 0 Å². The molecule has 1 aliphatic carbocycles. The molecular formula is C14H21N3O2. The van der Waals surface area contributed by atoms with E-state index in [2.05, 4.69) is 21.2 Å². The minimum Gasteiger partial charge on any atom is -0.424 e. The average molecular weight is 263 g/mol. The Morgan fingerprint density at radius 2 is 2.32 bits per heavy atom. The van der Waals surface area contributed by atoms with Crippen LogP contribution in [0.15, 0.2) is 16.1 Å². The zero-order chi connectivity index (χ0) is 13.1. The SMILES string of the molecule is Cc1nnc([C@H]2COCCN2CC2=CCCCC2)o1. The average Bonchev–Trinajstić information content (AvgIpc) is 2.87. The van der Waals surface area contributed by atoms with Crippen molar-refractivity contribution < 1.29 is 9.15 Å². The quantitative estimate of drug-likeness (QED) is 0.783. The zero-order valence-electron chi connectivity index (χ0n) is 11.5. The Balaban J connectivity index is 1.71. The van der Waals surface area contributed by atoms with Crippen LogP contribution in [0, 0.1) is 6.92 Å². The lowest BCUT2D eigenvalue weighted by molar-refractivity contribution is -0.0142. The Morgan fingerprint density at radius 1 is 1.37 bits per heavy atom. The number of ether oxygens (including phenoxy) is 1. The first-order valence-corrected chi connectivity index (χ1v) is 7.12. The predicted molar refractivity (Wildman–Crippen MR) is 70.7 cm³/mol. The van der Waals surface area contributed by atoms with Gasteiger partial charge in [0, 0.05) is 20.0 Å². The Kier molecular flexibility index (Phi) is 3.94. The van der Waals surface area contributed by atoms with Gasteiger partial charge in [0.2, 0.25) is 11.8 Å². The van der Waals surface area contributed by atoms with Gasteiger partial charge in [-0.05, 0) is 25.7 Å². The van der Waals surface area contributed by atoms with E-state index in [0.717, 1.165) is 19.7 Å². The number of hydrogen-bond donors (Lipinski definition) is 0. The van der Waals surface area contributed by atoms with Crippen LogP contribution in [-0.4, -0.2) is 41.4 Å². The van der Waals surface area contributed by atoms with Crippen LogP contribution >= 0.6 is 0 Å². The summed E-state index contributed by atoms with van der Waals surface area (Å²) in [7, 11) is 0. The van der Waals surface area contributed by atoms with Gasteiger partial charge < -0.3 is 9.15 Å². The number of rotatable bonds is 3. The van der Waals surface area contributed by atoms with Crippen molar-refractivity contribution in [2.45, 2.75) is 38.6 Å². The molecule has 0 aromatic carbocycles. The third-order valence-electron chi connectivity index (χ3n) is 3.86. The van der Waals surface area contributed by atoms with Gasteiger partial charge >= 0.3 is 0 Å². The second-order valence-corrected chi connectivity index (χ2v) is 5.33. The van der Waals surface area contributed by atoms with Gasteiger partial charge in [-0.1, -0.05) is 11.6 Å². The summed E-state index contributed by atoms with van der Waals surface area (Å²) in [5.74, 6) is 1.31. The van der Waals surface area contributed by atoms with Gasteiger partial charge in [0.1, 0.15) is 6.04 Å². The van der Waals surface area contributed by atoms with Crippen LogP contribution in [-0.2, 0) is 4.74 Å². The van der Waals surface area contributed by atoms with E-state index in [1.165, 1.54) is 25.7 Å². The lowest BCUT2D eigenvalue weighted by atomic mass is 9.98. The molecule has 104 valence electrons. The number of morpholine rings is 1. The lowest BCUT2D eigenvalue weighted by Crippen LogP contribution is -2.40. The second-order valence-electron chi connectivity index (χ2n) is 5.33. The summed E-state index contributed by atoms with van der Waals surface area (Å²) in [5.41, 5.74) is 1.55. The van der Waals surface area contributed by atoms with Crippen LogP contribution in [0.3, 0.4) is 0 Å². The molecule has 1 aromatic heterocycles. The summed E-state index contributed by atoms with van der Waals surface area (Å²) in [6, 6.07) is 0.109. The van der Waals surface area contributed by atoms with Gasteiger partial charge in [0.05, 0.1) is 13.2 Å². The van der Waals surface area contributed by atoms with Crippen molar-refractivity contribution in [2.75, 3.05) is 26.3 Å². The fraction of sp³-hybridized carbons (Fsp3) is 0.714. The van der Waals surface area contributed by atoms with Gasteiger partial charge in [-0.25, -0.2) is 0 Å². The maximum Gasteiger partial charge on any atom is 0.235 e. The third-order valence-corrected chi connectivity index (χ3v) is 3.86. The summed E-state index contributed by atoms with van der Waals surface area (Å²) >= 11 is 0. The van der Waals surface area contributed by atoms with Crippen molar-refractivity contribution in [1.29, 1.82) is 0 Å². The van der Waals surface area contributed by atoms with E-state index < -0.39 is 0 Å². The van der Waals surface area contributed by atoms with E-state index in [9.17, 15) is 0 Å². The smallest absolute Gasteiger partial charge is 0.235 e. The Hall–Kier alpha value is -1.20. The van der Waals surface area contributed by atoms with Crippen molar-refractivity contribution in [3.63, 3.8) is 0 Å². The van der Waals surface area contributed by atoms with Gasteiger partial charge in [0.25, 0.3) is 0 Å². The van der Waals surface area contributed by atoms with E-state index in [1.54, 1.807) is 5.57 Å². The highest BCUT2D eigenvalue weighted by molar-refractivity contribution is 5.09. The maximum atomic E-state index is 5.58. The van der Waals surface area contributed by atoms with Crippen LogP contribution in [0.4, 0.5) is 0 Å². The highest BCUT2D eigenvalue weighted by Crippen LogP contribution is 2.26. The van der Waals surface area contributed by atoms with Crippen LogP contribution in [0.2, 0.25) is 0 Å². The molecule has 0 unspecified atom stereocenters. The summed E-state index contributed by atoms with van der Waals surface area (Å²) in [6.45, 7) is 5.21. The number of aromatic nitrogens is 2. The molecule has 5 nitrogen and oxygen atoms in total. The van der Waals surface area contributed by atoms with Crippen LogP contribution in [0.25, 0.3) is 0 Å². The highest BCUT2D eigenvalue weighted by Gasteiger charge is 2.29. The normalized spacial score (nSPS) is 25.3. The number of nitrogens with zero attached hydrogens (tertiary/aromatic N) is 3. The van der Waals surface area contributed by atoms with E-state index in [1.807, 2.05) is 6.92 Å². The highest BCUT2D eigenvalue weighted by atomic mass is 16.5. The Bertz CT molecular complexity index is 455. The topological polar surface area (TPSA) is 51.4 Å². The van der Waals surface area contributed by atoms with Crippen LogP contribution in [0.5, 0.6) is 0 Å². The Labute approximate surface area is 113 Å². The molecule has 2 aliphatic rings. The van der Waals surface area contributed by atoms with Crippen LogP contribution < -0.4 is 0 Å². The molecule has 1 atom stereocenters. The van der Waals surface area contributed by atoms with Crippen molar-refractivity contribution in [1.82, 2.24) is 15.1 Å². The molecule has 19 heavy (non-hydrogen) atoms. The molecule has 0 saturated carbocycles. The largest absolute Gasteiger partial charge is 0.424 e. The van der Waals surface area contributed by atoms with Gasteiger partial charge in [-0.3, -0.25) is 4.90 Å². The fourth-order valence-corrected chi connectivity index (χ4v) is 2.81. The van der Waals surface area contributed by atoms with E-state index in [-0.39, 0.29) is 6.04 Å². The predicted octanol–water partition coefficient (Wildman–Crippen LogP) is 2.25. The number of aryl methyl sites for hydroxylation is 1. The van der Waals surface area contributed by atoms with Gasteiger partial charge in [-0.15, -0.1) is 10.2 Å². The van der Waals surface area contributed by atoms with E-state index in [4.69, 9.17) is 9.15 Å². The maximum absolute atomic E-state index is 5.58. The first kappa shape index (κ1) is 12.8. The first-order valence-electron chi connectivity index (χ1n) is 7.12. The molecule has 1 fully saturated rings. The molecule has 0 amide bonds. The van der Waals surface area contributed by atoms with Crippen molar-refractivity contribution in [2.24, 2.45) is 0 Å². The molecule has 2 heterocycles. The summed E-state index contributed by atoms with van der Waals surface area (Å²) in [5, 5.41) is 8.08. The molecule has 1 aliphatic heterocycles. The molecule has 1 aromatic rings. The monoisotopic (exact) mass is 263 g/mol. The summed E-state index contributed by atoms with van der Waals surface area (Å²) < 4.78 is 11.2. The molecule has 1 saturated heterocycles. The second kappa shape index (κ2) is 5.84. The van der Waals surface area contributed by atoms with E-state index in [0.29, 0.717) is 18.4 Å². The van der Waals surface area contributed by atoms with Gasteiger partial charge in [0.15, 0.2) is 0 Å². The molecule has 0 radical (unpaired) electrons. The van der Waals surface area contributed by atoms with Crippen LogP contribution in [0.1, 0.15) is 43.5 Å². The molecule has 3 rings (SSSR count). The summed E-state index contributed by atoms with van der Waals surface area (Å²) in [6.07, 6.45) is 7.51. The minimum atomic E-state index is 0.109. The zero-order valence-corrected chi connectivity index (χ0v) is 11.5. The van der Waals surface area contributed by atoms with E-state index >= 15 is 0 Å². The molecule has 0 N–H and O–H groups in total.